The molecule has 4 saturated carbocycles. The average molecular weight is 616 g/mol. The standard InChI is InChI=1S/C34H53N3O5S/c1-6-35-30(41)29-19(3)17-43-32-28(31(42)37(29)32)36-27(40)12-7-18(2)23-10-11-24-22-9-8-20-15-21(38)13-14-33(20,4)25(22)16-26(39)34(23,24)5/h18,20-26,28,32,38-39H,6-17H2,1-5H3,(H,35,41)(H,36,40)/t18-,20-,21-,22+,23-,24+,25+,26+,28?,32?,33+,34-/m1/s1. The zero-order valence-electron chi connectivity index (χ0n) is 26.7. The van der Waals surface area contributed by atoms with Gasteiger partial charge in [-0.05, 0) is 124 Å². The highest BCUT2D eigenvalue weighted by Crippen LogP contribution is 2.68. The van der Waals surface area contributed by atoms with Crippen LogP contribution >= 0.6 is 11.8 Å². The van der Waals surface area contributed by atoms with E-state index in [4.69, 9.17) is 0 Å². The molecule has 6 rings (SSSR count). The molecule has 0 aromatic heterocycles. The van der Waals surface area contributed by atoms with Gasteiger partial charge in [0.15, 0.2) is 0 Å². The summed E-state index contributed by atoms with van der Waals surface area (Å²) in [5.74, 6) is 3.08. The number of rotatable bonds is 7. The van der Waals surface area contributed by atoms with E-state index in [2.05, 4.69) is 31.4 Å². The third-order valence-corrected chi connectivity index (χ3v) is 14.8. The van der Waals surface area contributed by atoms with Crippen molar-refractivity contribution >= 4 is 29.5 Å². The lowest BCUT2D eigenvalue weighted by Gasteiger charge is -2.62. The Bertz CT molecular complexity index is 1180. The van der Waals surface area contributed by atoms with Gasteiger partial charge in [0.05, 0.1) is 12.2 Å². The van der Waals surface area contributed by atoms with Crippen molar-refractivity contribution in [3.05, 3.63) is 11.3 Å². The van der Waals surface area contributed by atoms with E-state index in [1.165, 1.54) is 12.8 Å². The van der Waals surface area contributed by atoms with Gasteiger partial charge in [-0.25, -0.2) is 0 Å². The summed E-state index contributed by atoms with van der Waals surface area (Å²) in [6.45, 7) is 11.3. The van der Waals surface area contributed by atoms with Crippen molar-refractivity contribution in [2.24, 2.45) is 46.3 Å². The van der Waals surface area contributed by atoms with Crippen LogP contribution in [0, 0.1) is 46.3 Å². The first-order chi connectivity index (χ1) is 20.4. The molecule has 2 unspecified atom stereocenters. The molecule has 0 aromatic rings. The van der Waals surface area contributed by atoms with Crippen molar-refractivity contribution in [3.8, 4) is 0 Å². The minimum Gasteiger partial charge on any atom is -0.393 e. The van der Waals surface area contributed by atoms with Crippen LogP contribution in [0.3, 0.4) is 0 Å². The van der Waals surface area contributed by atoms with Crippen LogP contribution < -0.4 is 10.6 Å². The van der Waals surface area contributed by atoms with E-state index in [-0.39, 0.29) is 46.1 Å². The van der Waals surface area contributed by atoms with Crippen LogP contribution in [0.25, 0.3) is 0 Å². The van der Waals surface area contributed by atoms with E-state index >= 15 is 0 Å². The number of amides is 3. The molecular formula is C34H53N3O5S. The highest BCUT2D eigenvalue weighted by atomic mass is 32.2. The highest BCUT2D eigenvalue weighted by Gasteiger charge is 2.63. The summed E-state index contributed by atoms with van der Waals surface area (Å²) in [5.41, 5.74) is 1.43. The number of hydrogen-bond acceptors (Lipinski definition) is 6. The first kappa shape index (κ1) is 31.4. The van der Waals surface area contributed by atoms with E-state index in [0.717, 1.165) is 50.5 Å². The first-order valence-electron chi connectivity index (χ1n) is 17.0. The molecule has 4 aliphatic carbocycles. The van der Waals surface area contributed by atoms with Gasteiger partial charge in [-0.3, -0.25) is 19.3 Å². The maximum Gasteiger partial charge on any atom is 0.268 e. The summed E-state index contributed by atoms with van der Waals surface area (Å²) in [5, 5.41) is 27.8. The van der Waals surface area contributed by atoms with Gasteiger partial charge in [-0.1, -0.05) is 20.8 Å². The Kier molecular flexibility index (Phi) is 8.51. The fourth-order valence-electron chi connectivity index (χ4n) is 11.0. The maximum atomic E-state index is 13.1. The molecule has 0 radical (unpaired) electrons. The SMILES string of the molecule is CCNC(=O)C1=C(C)CSC2C(NC(=O)CC[C@@H](C)[C@H]3CC[C@H]4[C@@H]5CC[C@@H]6C[C@H](O)CC[C@]6(C)[C@H]5C[C@H](O)[C@]34C)C(=O)N12. The lowest BCUT2D eigenvalue weighted by molar-refractivity contribution is -0.175. The fraction of sp³-hybridized carbons (Fsp3) is 0.853. The van der Waals surface area contributed by atoms with Gasteiger partial charge in [0, 0.05) is 18.7 Å². The van der Waals surface area contributed by atoms with E-state index in [1.807, 2.05) is 13.8 Å². The molecule has 6 aliphatic rings. The summed E-state index contributed by atoms with van der Waals surface area (Å²) in [6, 6.07) is -0.590. The van der Waals surface area contributed by atoms with Crippen molar-refractivity contribution in [2.45, 2.75) is 122 Å². The van der Waals surface area contributed by atoms with Gasteiger partial charge in [0.25, 0.3) is 11.8 Å². The number of nitrogens with zero attached hydrogens (tertiary/aromatic N) is 1. The Morgan fingerprint density at radius 3 is 2.60 bits per heavy atom. The number of nitrogens with one attached hydrogen (secondary N) is 2. The number of fused-ring (bicyclic) bond motifs is 6. The van der Waals surface area contributed by atoms with E-state index in [0.29, 0.717) is 59.9 Å². The van der Waals surface area contributed by atoms with Crippen LogP contribution in [0.4, 0.5) is 0 Å². The molecule has 5 fully saturated rings. The number of β-lactam (4-membered cyclic amide) rings is 1. The molecular weight excluding hydrogens is 562 g/mol. The molecule has 9 heteroatoms. The summed E-state index contributed by atoms with van der Waals surface area (Å²) >= 11 is 1.60. The lowest BCUT2D eigenvalue weighted by Crippen LogP contribution is -2.70. The molecule has 43 heavy (non-hydrogen) atoms. The molecule has 8 nitrogen and oxygen atoms in total. The third-order valence-electron chi connectivity index (χ3n) is 13.4. The number of carbonyl (C=O) groups is 3. The van der Waals surface area contributed by atoms with Crippen LogP contribution in [0.15, 0.2) is 11.3 Å². The van der Waals surface area contributed by atoms with Gasteiger partial charge < -0.3 is 20.8 Å². The summed E-state index contributed by atoms with van der Waals surface area (Å²) < 4.78 is 0. The Morgan fingerprint density at radius 1 is 1.09 bits per heavy atom. The molecule has 2 aliphatic heterocycles. The number of likely N-dealkylation sites (N-methyl/N-ethyl adjacent to an activating group) is 1. The van der Waals surface area contributed by atoms with Gasteiger partial charge >= 0.3 is 0 Å². The second-order valence-corrected chi connectivity index (χ2v) is 16.5. The van der Waals surface area contributed by atoms with Crippen molar-refractivity contribution in [3.63, 3.8) is 0 Å². The quantitative estimate of drug-likeness (QED) is 0.319. The number of hydrogen-bond donors (Lipinski definition) is 4. The highest BCUT2D eigenvalue weighted by molar-refractivity contribution is 8.00. The number of thioether (sulfide) groups is 1. The smallest absolute Gasteiger partial charge is 0.268 e. The minimum atomic E-state index is -0.590. The van der Waals surface area contributed by atoms with Crippen molar-refractivity contribution in [1.29, 1.82) is 0 Å². The molecule has 0 bridgehead atoms. The largest absolute Gasteiger partial charge is 0.393 e. The van der Waals surface area contributed by atoms with Crippen molar-refractivity contribution < 1.29 is 24.6 Å². The van der Waals surface area contributed by atoms with E-state index < -0.39 is 6.04 Å². The van der Waals surface area contributed by atoms with Gasteiger partial charge in [-0.2, -0.15) is 0 Å². The molecule has 3 amide bonds. The lowest BCUT2D eigenvalue weighted by atomic mass is 9.43. The number of aliphatic hydroxyl groups excluding tert-OH is 2. The Balaban J connectivity index is 1.06. The monoisotopic (exact) mass is 615 g/mol. The van der Waals surface area contributed by atoms with Crippen LogP contribution in [0.1, 0.15) is 98.8 Å². The van der Waals surface area contributed by atoms with Crippen molar-refractivity contribution in [2.75, 3.05) is 12.3 Å². The maximum absolute atomic E-state index is 13.1. The zero-order valence-corrected chi connectivity index (χ0v) is 27.5. The molecule has 1 saturated heterocycles. The fourth-order valence-corrected chi connectivity index (χ4v) is 12.3. The molecule has 240 valence electrons. The van der Waals surface area contributed by atoms with Gasteiger partial charge in [0.2, 0.25) is 5.91 Å². The van der Waals surface area contributed by atoms with E-state index in [1.54, 1.807) is 16.7 Å². The average Bonchev–Trinajstić information content (AvgIpc) is 3.34. The first-order valence-corrected chi connectivity index (χ1v) is 18.0. The summed E-state index contributed by atoms with van der Waals surface area (Å²) in [6.07, 6.45) is 9.07. The van der Waals surface area contributed by atoms with Gasteiger partial charge in [-0.15, -0.1) is 11.8 Å². The predicted octanol–water partition coefficient (Wildman–Crippen LogP) is 4.20. The summed E-state index contributed by atoms with van der Waals surface area (Å²) in [7, 11) is 0. The minimum absolute atomic E-state index is 0.106. The molecule has 0 spiro atoms. The van der Waals surface area contributed by atoms with Crippen LogP contribution in [-0.2, 0) is 14.4 Å². The van der Waals surface area contributed by atoms with Crippen molar-refractivity contribution in [1.82, 2.24) is 15.5 Å². The Labute approximate surface area is 261 Å². The Hall–Kier alpha value is -1.58. The second-order valence-electron chi connectivity index (χ2n) is 15.3. The predicted molar refractivity (Wildman–Crippen MR) is 167 cm³/mol. The molecule has 4 N–H and O–H groups in total. The molecule has 0 aromatic carbocycles. The van der Waals surface area contributed by atoms with Crippen LogP contribution in [0.5, 0.6) is 0 Å². The van der Waals surface area contributed by atoms with Crippen LogP contribution in [-0.4, -0.2) is 68.8 Å². The topological polar surface area (TPSA) is 119 Å². The zero-order chi connectivity index (χ0) is 30.8. The normalized spacial score (nSPS) is 44.4. The number of aliphatic hydroxyl groups is 2. The van der Waals surface area contributed by atoms with Gasteiger partial charge in [0.1, 0.15) is 17.1 Å². The number of carbonyl (C=O) groups excluding carboxylic acids is 3. The summed E-state index contributed by atoms with van der Waals surface area (Å²) in [4.78, 5) is 40.4. The Morgan fingerprint density at radius 2 is 1.86 bits per heavy atom. The van der Waals surface area contributed by atoms with Crippen LogP contribution in [0.2, 0.25) is 0 Å². The molecule has 12 atom stereocenters. The second kappa shape index (κ2) is 11.7. The third kappa shape index (κ3) is 4.98. The van der Waals surface area contributed by atoms with E-state index in [9.17, 15) is 24.6 Å². The molecule has 2 heterocycles.